The smallest absolute Gasteiger partial charge is 0.261 e. The van der Waals surface area contributed by atoms with E-state index in [9.17, 15) is 8.42 Å². The molecule has 1 heterocycles. The Kier molecular flexibility index (Phi) is 3.77. The summed E-state index contributed by atoms with van der Waals surface area (Å²) in [7, 11) is -0.125. The topological polar surface area (TPSA) is 60.3 Å². The molecule has 5 nitrogen and oxygen atoms in total. The van der Waals surface area contributed by atoms with Crippen LogP contribution in [0.15, 0.2) is 53.6 Å². The van der Waals surface area contributed by atoms with Gasteiger partial charge in [0.1, 0.15) is 5.75 Å². The molecule has 23 heavy (non-hydrogen) atoms. The first-order chi connectivity index (χ1) is 10.9. The van der Waals surface area contributed by atoms with Gasteiger partial charge in [0.05, 0.1) is 12.0 Å². The van der Waals surface area contributed by atoms with E-state index in [0.29, 0.717) is 11.4 Å². The van der Waals surface area contributed by atoms with E-state index in [0.717, 1.165) is 16.5 Å². The average molecular weight is 330 g/mol. The molecule has 0 spiro atoms. The van der Waals surface area contributed by atoms with Crippen molar-refractivity contribution in [1.82, 2.24) is 4.57 Å². The standard InChI is InChI=1S/C17H18N2O3S/c1-12-10-15(5-7-17(12)22-3)23(20,21)18-14-4-6-16-13(11-14)8-9-19(16)2/h4-11,18H,1-3H3. The summed E-state index contributed by atoms with van der Waals surface area (Å²) in [6, 6.07) is 12.2. The van der Waals surface area contributed by atoms with Gasteiger partial charge in [-0.25, -0.2) is 8.42 Å². The lowest BCUT2D eigenvalue weighted by Crippen LogP contribution is -2.13. The van der Waals surface area contributed by atoms with Gasteiger partial charge in [-0.1, -0.05) is 0 Å². The summed E-state index contributed by atoms with van der Waals surface area (Å²) in [5.41, 5.74) is 2.36. The minimum atomic E-state index is -3.64. The molecule has 2 aromatic carbocycles. The Bertz CT molecular complexity index is 975. The third kappa shape index (κ3) is 2.90. The molecule has 6 heteroatoms. The maximum Gasteiger partial charge on any atom is 0.261 e. The molecule has 0 aliphatic carbocycles. The molecule has 0 radical (unpaired) electrons. The van der Waals surface area contributed by atoms with Crippen LogP contribution in [0, 0.1) is 6.92 Å². The quantitative estimate of drug-likeness (QED) is 0.798. The zero-order chi connectivity index (χ0) is 16.6. The van der Waals surface area contributed by atoms with Gasteiger partial charge in [0.25, 0.3) is 10.0 Å². The second-order valence-corrected chi connectivity index (χ2v) is 7.12. The van der Waals surface area contributed by atoms with Crippen molar-refractivity contribution in [3.05, 3.63) is 54.2 Å². The Morgan fingerprint density at radius 3 is 2.57 bits per heavy atom. The van der Waals surface area contributed by atoms with Crippen molar-refractivity contribution in [1.29, 1.82) is 0 Å². The molecule has 0 unspecified atom stereocenters. The number of benzene rings is 2. The van der Waals surface area contributed by atoms with Gasteiger partial charge in [0, 0.05) is 29.8 Å². The number of aryl methyl sites for hydroxylation is 2. The van der Waals surface area contributed by atoms with E-state index in [2.05, 4.69) is 4.72 Å². The molecule has 0 aliphatic rings. The zero-order valence-corrected chi connectivity index (χ0v) is 14.0. The first kappa shape index (κ1) is 15.4. The lowest BCUT2D eigenvalue weighted by molar-refractivity contribution is 0.411. The molecule has 0 bridgehead atoms. The Hall–Kier alpha value is -2.47. The summed E-state index contributed by atoms with van der Waals surface area (Å²) < 4.78 is 34.8. The van der Waals surface area contributed by atoms with Gasteiger partial charge in [-0.3, -0.25) is 4.72 Å². The number of sulfonamides is 1. The number of nitrogens with zero attached hydrogens (tertiary/aromatic N) is 1. The minimum absolute atomic E-state index is 0.212. The van der Waals surface area contributed by atoms with Gasteiger partial charge >= 0.3 is 0 Å². The summed E-state index contributed by atoms with van der Waals surface area (Å²) in [6.45, 7) is 1.81. The highest BCUT2D eigenvalue weighted by Crippen LogP contribution is 2.25. The van der Waals surface area contributed by atoms with Crippen molar-refractivity contribution in [2.75, 3.05) is 11.8 Å². The molecule has 0 atom stereocenters. The van der Waals surface area contributed by atoms with Gasteiger partial charge in [-0.15, -0.1) is 0 Å². The zero-order valence-electron chi connectivity index (χ0n) is 13.2. The summed E-state index contributed by atoms with van der Waals surface area (Å²) in [4.78, 5) is 0.212. The Labute approximate surface area is 135 Å². The first-order valence-electron chi connectivity index (χ1n) is 7.13. The van der Waals surface area contributed by atoms with Crippen LogP contribution in [0.1, 0.15) is 5.56 Å². The molecule has 0 amide bonds. The van der Waals surface area contributed by atoms with Crippen LogP contribution >= 0.6 is 0 Å². The van der Waals surface area contributed by atoms with Crippen LogP contribution in [0.4, 0.5) is 5.69 Å². The summed E-state index contributed by atoms with van der Waals surface area (Å²) >= 11 is 0. The number of hydrogen-bond donors (Lipinski definition) is 1. The number of fused-ring (bicyclic) bond motifs is 1. The SMILES string of the molecule is COc1ccc(S(=O)(=O)Nc2ccc3c(ccn3C)c2)cc1C. The predicted molar refractivity (Wildman–Crippen MR) is 91.5 cm³/mol. The fourth-order valence-electron chi connectivity index (χ4n) is 2.58. The van der Waals surface area contributed by atoms with Crippen molar-refractivity contribution in [3.63, 3.8) is 0 Å². The maximum atomic E-state index is 12.5. The lowest BCUT2D eigenvalue weighted by Gasteiger charge is -2.11. The fraction of sp³-hybridized carbons (Fsp3) is 0.176. The highest BCUT2D eigenvalue weighted by Gasteiger charge is 2.16. The van der Waals surface area contributed by atoms with E-state index in [1.54, 1.807) is 25.3 Å². The molecule has 0 saturated heterocycles. The molecular weight excluding hydrogens is 312 g/mol. The largest absolute Gasteiger partial charge is 0.496 e. The van der Waals surface area contributed by atoms with Gasteiger partial charge in [-0.2, -0.15) is 0 Å². The number of anilines is 1. The molecule has 120 valence electrons. The van der Waals surface area contributed by atoms with Gasteiger partial charge in [0.2, 0.25) is 0 Å². The number of ether oxygens (including phenoxy) is 1. The molecule has 0 aliphatic heterocycles. The number of hydrogen-bond acceptors (Lipinski definition) is 3. The van der Waals surface area contributed by atoms with Crippen LogP contribution in [-0.2, 0) is 17.1 Å². The predicted octanol–water partition coefficient (Wildman–Crippen LogP) is 3.30. The normalized spacial score (nSPS) is 11.6. The van der Waals surface area contributed by atoms with E-state index < -0.39 is 10.0 Å². The third-order valence-electron chi connectivity index (χ3n) is 3.81. The molecule has 0 fully saturated rings. The molecule has 3 rings (SSSR count). The van der Waals surface area contributed by atoms with E-state index >= 15 is 0 Å². The van der Waals surface area contributed by atoms with Crippen LogP contribution in [0.2, 0.25) is 0 Å². The summed E-state index contributed by atoms with van der Waals surface area (Å²) in [6.07, 6.45) is 1.94. The van der Waals surface area contributed by atoms with Crippen molar-refractivity contribution in [2.45, 2.75) is 11.8 Å². The van der Waals surface area contributed by atoms with Crippen molar-refractivity contribution in [2.24, 2.45) is 7.05 Å². The van der Waals surface area contributed by atoms with Crippen LogP contribution in [0.25, 0.3) is 10.9 Å². The van der Waals surface area contributed by atoms with Gasteiger partial charge in [-0.05, 0) is 55.0 Å². The monoisotopic (exact) mass is 330 g/mol. The first-order valence-corrected chi connectivity index (χ1v) is 8.61. The fourth-order valence-corrected chi connectivity index (χ4v) is 3.71. The molecule has 1 aromatic heterocycles. The third-order valence-corrected chi connectivity index (χ3v) is 5.19. The number of nitrogens with one attached hydrogen (secondary N) is 1. The molecule has 3 aromatic rings. The van der Waals surface area contributed by atoms with E-state index in [1.165, 1.54) is 6.07 Å². The van der Waals surface area contributed by atoms with Crippen LogP contribution in [-0.4, -0.2) is 20.1 Å². The highest BCUT2D eigenvalue weighted by atomic mass is 32.2. The van der Waals surface area contributed by atoms with Crippen LogP contribution < -0.4 is 9.46 Å². The molecular formula is C17H18N2O3S. The second kappa shape index (κ2) is 5.62. The van der Waals surface area contributed by atoms with Gasteiger partial charge < -0.3 is 9.30 Å². The minimum Gasteiger partial charge on any atom is -0.496 e. The molecule has 1 N–H and O–H groups in total. The van der Waals surface area contributed by atoms with Crippen LogP contribution in [0.3, 0.4) is 0 Å². The number of methoxy groups -OCH3 is 1. The second-order valence-electron chi connectivity index (χ2n) is 5.44. The van der Waals surface area contributed by atoms with E-state index in [1.807, 2.05) is 42.9 Å². The number of rotatable bonds is 4. The van der Waals surface area contributed by atoms with Crippen molar-refractivity contribution >= 4 is 26.6 Å². The van der Waals surface area contributed by atoms with E-state index in [-0.39, 0.29) is 4.90 Å². The maximum absolute atomic E-state index is 12.5. The Morgan fingerprint density at radius 2 is 1.87 bits per heavy atom. The number of aromatic nitrogens is 1. The lowest BCUT2D eigenvalue weighted by atomic mass is 10.2. The summed E-state index contributed by atoms with van der Waals surface area (Å²) in [5, 5.41) is 0.985. The van der Waals surface area contributed by atoms with Crippen molar-refractivity contribution < 1.29 is 13.2 Å². The highest BCUT2D eigenvalue weighted by molar-refractivity contribution is 7.92. The Balaban J connectivity index is 1.94. The Morgan fingerprint density at radius 1 is 1.09 bits per heavy atom. The van der Waals surface area contributed by atoms with Crippen LogP contribution in [0.5, 0.6) is 5.75 Å². The average Bonchev–Trinajstić information content (AvgIpc) is 2.87. The van der Waals surface area contributed by atoms with E-state index in [4.69, 9.17) is 4.74 Å². The van der Waals surface area contributed by atoms with Gasteiger partial charge in [0.15, 0.2) is 0 Å². The summed E-state index contributed by atoms with van der Waals surface area (Å²) in [5.74, 6) is 0.662. The molecule has 0 saturated carbocycles. The van der Waals surface area contributed by atoms with Crippen molar-refractivity contribution in [3.8, 4) is 5.75 Å².